The molecule has 1 heterocycles. The molecule has 0 spiro atoms. The molecule has 0 N–H and O–H groups in total. The molecule has 0 bridgehead atoms. The summed E-state index contributed by atoms with van der Waals surface area (Å²) in [7, 11) is 3.36. The zero-order valence-electron chi connectivity index (χ0n) is 22.5. The van der Waals surface area contributed by atoms with Gasteiger partial charge in [0, 0.05) is 11.1 Å². The van der Waals surface area contributed by atoms with Crippen molar-refractivity contribution in [2.75, 3.05) is 14.2 Å². The van der Waals surface area contributed by atoms with Crippen molar-refractivity contribution < 1.29 is 23.8 Å². The summed E-state index contributed by atoms with van der Waals surface area (Å²) >= 11 is 0. The lowest BCUT2D eigenvalue weighted by molar-refractivity contribution is 0.0443. The van der Waals surface area contributed by atoms with Crippen LogP contribution in [0.15, 0.2) is 84.9 Å². The summed E-state index contributed by atoms with van der Waals surface area (Å²) in [6.45, 7) is 0. The Morgan fingerprint density at radius 2 is 0.951 bits per heavy atom. The fraction of sp³-hybridized carbons (Fsp3) is 0.111. The zero-order valence-corrected chi connectivity index (χ0v) is 22.5. The van der Waals surface area contributed by atoms with Crippen molar-refractivity contribution in [2.24, 2.45) is 0 Å². The van der Waals surface area contributed by atoms with Crippen LogP contribution in [0, 0.1) is 0 Å². The van der Waals surface area contributed by atoms with E-state index >= 15 is 0 Å². The van der Waals surface area contributed by atoms with Crippen LogP contribution in [0.4, 0.5) is 0 Å². The molecular formula is C36H24O5. The summed E-state index contributed by atoms with van der Waals surface area (Å²) < 4.78 is 17.0. The lowest BCUT2D eigenvalue weighted by Gasteiger charge is -2.16. The van der Waals surface area contributed by atoms with Gasteiger partial charge in [0.25, 0.3) is 0 Å². The van der Waals surface area contributed by atoms with Crippen LogP contribution in [0.5, 0.6) is 11.5 Å². The maximum atomic E-state index is 13.1. The van der Waals surface area contributed by atoms with E-state index in [1.165, 1.54) is 0 Å². The van der Waals surface area contributed by atoms with E-state index in [1.807, 2.05) is 36.4 Å². The second-order valence-corrected chi connectivity index (χ2v) is 10.6. The molecule has 0 saturated carbocycles. The second kappa shape index (κ2) is 8.67. The van der Waals surface area contributed by atoms with Gasteiger partial charge in [0.2, 0.25) is 0 Å². The number of carbonyl (C=O) groups is 2. The highest BCUT2D eigenvalue weighted by Crippen LogP contribution is 2.56. The number of cyclic esters (lactones) is 2. The SMILES string of the molecule is COc1cc2c(cc1-c1ccccc1)Cc1c3c(c4c(c1-2)-c1cc(OC)c(-c2ccccc2)cc1C4)C(=O)OC3=O. The molecule has 198 valence electrons. The molecule has 5 aromatic carbocycles. The van der Waals surface area contributed by atoms with E-state index in [-0.39, 0.29) is 0 Å². The minimum atomic E-state index is -0.564. The Morgan fingerprint density at radius 3 is 1.34 bits per heavy atom. The van der Waals surface area contributed by atoms with E-state index < -0.39 is 11.9 Å². The summed E-state index contributed by atoms with van der Waals surface area (Å²) in [6.07, 6.45) is 1.06. The number of methoxy groups -OCH3 is 2. The number of hydrogen-bond donors (Lipinski definition) is 0. The number of esters is 2. The van der Waals surface area contributed by atoms with Gasteiger partial charge < -0.3 is 14.2 Å². The summed E-state index contributed by atoms with van der Waals surface area (Å²) in [4.78, 5) is 26.2. The van der Waals surface area contributed by atoms with E-state index in [2.05, 4.69) is 48.5 Å². The molecule has 8 rings (SSSR count). The van der Waals surface area contributed by atoms with E-state index in [1.54, 1.807) is 14.2 Å². The van der Waals surface area contributed by atoms with Crippen LogP contribution < -0.4 is 9.47 Å². The van der Waals surface area contributed by atoms with Crippen LogP contribution in [0.1, 0.15) is 43.0 Å². The fourth-order valence-electron chi connectivity index (χ4n) is 6.85. The van der Waals surface area contributed by atoms with Gasteiger partial charge in [0.15, 0.2) is 0 Å². The molecule has 1 aliphatic heterocycles. The highest BCUT2D eigenvalue weighted by atomic mass is 16.6. The average molecular weight is 537 g/mol. The average Bonchev–Trinajstić information content (AvgIpc) is 3.66. The largest absolute Gasteiger partial charge is 0.496 e. The first-order valence-electron chi connectivity index (χ1n) is 13.6. The highest BCUT2D eigenvalue weighted by molar-refractivity contribution is 6.20. The summed E-state index contributed by atoms with van der Waals surface area (Å²) in [5.74, 6) is 0.382. The lowest BCUT2D eigenvalue weighted by atomic mass is 9.87. The number of benzene rings is 5. The molecule has 0 atom stereocenters. The quantitative estimate of drug-likeness (QED) is 0.172. The smallest absolute Gasteiger partial charge is 0.347 e. The first kappa shape index (κ1) is 23.7. The van der Waals surface area contributed by atoms with Crippen molar-refractivity contribution in [3.05, 3.63) is 118 Å². The van der Waals surface area contributed by atoms with Crippen LogP contribution >= 0.6 is 0 Å². The van der Waals surface area contributed by atoms with Crippen molar-refractivity contribution >= 4 is 11.9 Å². The van der Waals surface area contributed by atoms with Crippen LogP contribution in [-0.4, -0.2) is 26.2 Å². The Hall–Kier alpha value is -5.16. The first-order valence-corrected chi connectivity index (χ1v) is 13.6. The van der Waals surface area contributed by atoms with Gasteiger partial charge in [-0.05, 0) is 92.7 Å². The lowest BCUT2D eigenvalue weighted by Crippen LogP contribution is -2.03. The fourth-order valence-corrected chi connectivity index (χ4v) is 6.85. The molecule has 0 amide bonds. The van der Waals surface area contributed by atoms with Gasteiger partial charge >= 0.3 is 11.9 Å². The van der Waals surface area contributed by atoms with Crippen molar-refractivity contribution in [1.29, 1.82) is 0 Å². The predicted octanol–water partition coefficient (Wildman–Crippen LogP) is 7.49. The molecule has 0 saturated heterocycles. The monoisotopic (exact) mass is 536 g/mol. The van der Waals surface area contributed by atoms with E-state index in [9.17, 15) is 9.59 Å². The Kier molecular flexibility index (Phi) is 5.01. The first-order chi connectivity index (χ1) is 20.1. The van der Waals surface area contributed by atoms with Gasteiger partial charge in [-0.25, -0.2) is 9.59 Å². The Morgan fingerprint density at radius 1 is 0.537 bits per heavy atom. The zero-order chi connectivity index (χ0) is 27.8. The second-order valence-electron chi connectivity index (χ2n) is 10.6. The van der Waals surface area contributed by atoms with Crippen molar-refractivity contribution in [2.45, 2.75) is 12.8 Å². The molecule has 2 aliphatic carbocycles. The number of ether oxygens (including phenoxy) is 3. The van der Waals surface area contributed by atoms with Gasteiger partial charge in [-0.3, -0.25) is 0 Å². The summed E-state index contributed by atoms with van der Waals surface area (Å²) in [6, 6.07) is 28.7. The number of rotatable bonds is 4. The maximum Gasteiger partial charge on any atom is 0.347 e. The van der Waals surface area contributed by atoms with Crippen molar-refractivity contribution in [3.63, 3.8) is 0 Å². The Bertz CT molecular complexity index is 1810. The van der Waals surface area contributed by atoms with Gasteiger partial charge in [-0.15, -0.1) is 0 Å². The van der Waals surface area contributed by atoms with Crippen molar-refractivity contribution in [3.8, 4) is 56.0 Å². The molecule has 5 aromatic rings. The molecule has 41 heavy (non-hydrogen) atoms. The molecule has 5 nitrogen and oxygen atoms in total. The molecule has 0 aromatic heterocycles. The number of carbonyl (C=O) groups excluding carboxylic acids is 2. The topological polar surface area (TPSA) is 61.8 Å². The molecule has 0 unspecified atom stereocenters. The molecule has 5 heteroatoms. The summed E-state index contributed by atoms with van der Waals surface area (Å²) in [5.41, 5.74) is 12.7. The molecule has 0 fully saturated rings. The third-order valence-electron chi connectivity index (χ3n) is 8.59. The van der Waals surface area contributed by atoms with Crippen LogP contribution in [0.3, 0.4) is 0 Å². The van der Waals surface area contributed by atoms with Crippen molar-refractivity contribution in [1.82, 2.24) is 0 Å². The van der Waals surface area contributed by atoms with Gasteiger partial charge in [0.1, 0.15) is 11.5 Å². The highest BCUT2D eigenvalue weighted by Gasteiger charge is 2.43. The minimum Gasteiger partial charge on any atom is -0.496 e. The number of fused-ring (bicyclic) bond motifs is 10. The van der Waals surface area contributed by atoms with Gasteiger partial charge in [-0.1, -0.05) is 60.7 Å². The predicted molar refractivity (Wildman–Crippen MR) is 157 cm³/mol. The normalized spacial score (nSPS) is 13.7. The van der Waals surface area contributed by atoms with Crippen LogP contribution in [-0.2, 0) is 17.6 Å². The van der Waals surface area contributed by atoms with Crippen LogP contribution in [0.25, 0.3) is 44.5 Å². The Labute approximate surface area is 236 Å². The third-order valence-corrected chi connectivity index (χ3v) is 8.59. The van der Waals surface area contributed by atoms with E-state index in [0.29, 0.717) is 24.0 Å². The van der Waals surface area contributed by atoms with E-state index in [0.717, 1.165) is 78.3 Å². The maximum absolute atomic E-state index is 13.1. The Balaban J connectivity index is 1.41. The molecule has 3 aliphatic rings. The van der Waals surface area contributed by atoms with E-state index in [4.69, 9.17) is 14.2 Å². The molecular weight excluding hydrogens is 512 g/mol. The van der Waals surface area contributed by atoms with Crippen LogP contribution in [0.2, 0.25) is 0 Å². The number of hydrogen-bond acceptors (Lipinski definition) is 5. The standard InChI is InChI=1S/C36H24O5/c1-39-29-17-25-21(13-23(29)19-9-5-3-6-10-19)15-27-31(25)32-26-18-30(40-2)24(20-11-7-4-8-12-20)14-22(26)16-28(32)34-33(27)35(37)41-36(34)38/h3-14,17-18H,15-16H2,1-2H3. The third kappa shape index (κ3) is 3.29. The minimum absolute atomic E-state index is 0.406. The molecule has 0 radical (unpaired) electrons. The van der Waals surface area contributed by atoms with Gasteiger partial charge in [0.05, 0.1) is 25.3 Å². The van der Waals surface area contributed by atoms with Gasteiger partial charge in [-0.2, -0.15) is 0 Å². The summed E-state index contributed by atoms with van der Waals surface area (Å²) in [5, 5.41) is 0.